The monoisotopic (exact) mass is 410 g/mol. The molecule has 2 atom stereocenters. The summed E-state index contributed by atoms with van der Waals surface area (Å²) in [7, 11) is 1.73. The van der Waals surface area contributed by atoms with Crippen LogP contribution in [0.15, 0.2) is 53.5 Å². The summed E-state index contributed by atoms with van der Waals surface area (Å²) in [4.78, 5) is 27.0. The van der Waals surface area contributed by atoms with Crippen molar-refractivity contribution in [3.63, 3.8) is 0 Å². The van der Waals surface area contributed by atoms with Gasteiger partial charge in [0, 0.05) is 38.7 Å². The number of benzene rings is 1. The van der Waals surface area contributed by atoms with E-state index < -0.39 is 11.2 Å². The maximum atomic E-state index is 13.3. The lowest BCUT2D eigenvalue weighted by Gasteiger charge is -2.46. The van der Waals surface area contributed by atoms with Gasteiger partial charge in [0.25, 0.3) is 0 Å². The highest BCUT2D eigenvalue weighted by molar-refractivity contribution is 5.70. The van der Waals surface area contributed by atoms with E-state index in [1.165, 1.54) is 0 Å². The first kappa shape index (κ1) is 20.7. The van der Waals surface area contributed by atoms with Crippen molar-refractivity contribution in [1.82, 2.24) is 9.47 Å². The molecule has 1 aliphatic heterocycles. The predicted molar refractivity (Wildman–Crippen MR) is 114 cm³/mol. The number of rotatable bonds is 6. The van der Waals surface area contributed by atoms with Crippen LogP contribution in [0.4, 0.5) is 4.79 Å². The van der Waals surface area contributed by atoms with Gasteiger partial charge in [-0.15, -0.1) is 0 Å². The molecule has 1 aromatic carbocycles. The molecule has 1 saturated carbocycles. The summed E-state index contributed by atoms with van der Waals surface area (Å²) in [5.41, 5.74) is -0.0318. The molecule has 1 aliphatic carbocycles. The molecular formula is C24H30N2O4. The molecule has 1 amide bonds. The van der Waals surface area contributed by atoms with Crippen molar-refractivity contribution in [1.29, 1.82) is 0 Å². The van der Waals surface area contributed by atoms with Crippen molar-refractivity contribution < 1.29 is 14.6 Å². The summed E-state index contributed by atoms with van der Waals surface area (Å²) in [6, 6.07) is 13.0. The largest absolute Gasteiger partial charge is 0.438 e. The molecule has 1 N–H and O–H groups in total. The fourth-order valence-corrected chi connectivity index (χ4v) is 4.70. The van der Waals surface area contributed by atoms with Crippen LogP contribution in [-0.4, -0.2) is 32.8 Å². The first-order valence-electron chi connectivity index (χ1n) is 10.6. The Morgan fingerprint density at radius 3 is 2.43 bits per heavy atom. The van der Waals surface area contributed by atoms with Crippen LogP contribution in [0.2, 0.25) is 0 Å². The van der Waals surface area contributed by atoms with Gasteiger partial charge in [-0.3, -0.25) is 4.79 Å². The SMILES string of the molecule is Cn1cc(C(C2CC2)N2CCC(CC(C)(C)O)(c3ccccc3)OC2=O)ccc1=O. The van der Waals surface area contributed by atoms with Crippen LogP contribution in [0, 0.1) is 5.92 Å². The quantitative estimate of drug-likeness (QED) is 0.788. The van der Waals surface area contributed by atoms with Gasteiger partial charge in [-0.2, -0.15) is 0 Å². The number of hydrogen-bond acceptors (Lipinski definition) is 4. The van der Waals surface area contributed by atoms with Gasteiger partial charge in [0.05, 0.1) is 11.6 Å². The molecule has 0 radical (unpaired) electrons. The maximum Gasteiger partial charge on any atom is 0.411 e. The van der Waals surface area contributed by atoms with Crippen LogP contribution >= 0.6 is 0 Å². The zero-order chi connectivity index (χ0) is 21.5. The van der Waals surface area contributed by atoms with Crippen molar-refractivity contribution in [3.8, 4) is 0 Å². The van der Waals surface area contributed by atoms with E-state index in [0.29, 0.717) is 25.3 Å². The van der Waals surface area contributed by atoms with Gasteiger partial charge < -0.3 is 19.3 Å². The van der Waals surface area contributed by atoms with Gasteiger partial charge in [-0.05, 0) is 43.7 Å². The Bertz CT molecular complexity index is 975. The van der Waals surface area contributed by atoms with Crippen molar-refractivity contribution >= 4 is 6.09 Å². The number of cyclic esters (lactones) is 1. The van der Waals surface area contributed by atoms with Gasteiger partial charge in [0.15, 0.2) is 0 Å². The number of aromatic nitrogens is 1. The zero-order valence-electron chi connectivity index (χ0n) is 17.9. The Balaban J connectivity index is 1.65. The highest BCUT2D eigenvalue weighted by Gasteiger charge is 2.49. The Labute approximate surface area is 177 Å². The van der Waals surface area contributed by atoms with Gasteiger partial charge in [-0.1, -0.05) is 36.4 Å². The summed E-state index contributed by atoms with van der Waals surface area (Å²) in [6.45, 7) is 4.03. The smallest absolute Gasteiger partial charge is 0.411 e. The number of ether oxygens (including phenoxy) is 1. The number of pyridine rings is 1. The lowest BCUT2D eigenvalue weighted by Crippen LogP contribution is -2.51. The summed E-state index contributed by atoms with van der Waals surface area (Å²) < 4.78 is 7.70. The van der Waals surface area contributed by atoms with E-state index in [4.69, 9.17) is 4.74 Å². The van der Waals surface area contributed by atoms with E-state index >= 15 is 0 Å². The van der Waals surface area contributed by atoms with E-state index in [1.807, 2.05) is 47.5 Å². The number of aryl methyl sites for hydroxylation is 1. The first-order chi connectivity index (χ1) is 14.2. The Kier molecular flexibility index (Phi) is 5.22. The first-order valence-corrected chi connectivity index (χ1v) is 10.6. The third-order valence-corrected chi connectivity index (χ3v) is 6.15. The lowest BCUT2D eigenvalue weighted by molar-refractivity contribution is -0.103. The van der Waals surface area contributed by atoms with E-state index in [9.17, 15) is 14.7 Å². The number of nitrogens with zero attached hydrogens (tertiary/aromatic N) is 2. The molecule has 6 heteroatoms. The molecular weight excluding hydrogens is 380 g/mol. The van der Waals surface area contributed by atoms with Crippen molar-refractivity contribution in [2.45, 2.75) is 56.8 Å². The number of aliphatic hydroxyl groups is 1. The fourth-order valence-electron chi connectivity index (χ4n) is 4.70. The molecule has 30 heavy (non-hydrogen) atoms. The summed E-state index contributed by atoms with van der Waals surface area (Å²) >= 11 is 0. The molecule has 2 heterocycles. The zero-order valence-corrected chi connectivity index (χ0v) is 17.9. The Morgan fingerprint density at radius 2 is 1.87 bits per heavy atom. The van der Waals surface area contributed by atoms with Crippen LogP contribution in [0.25, 0.3) is 0 Å². The molecule has 4 rings (SSSR count). The molecule has 2 unspecified atom stereocenters. The van der Waals surface area contributed by atoms with Gasteiger partial charge >= 0.3 is 6.09 Å². The van der Waals surface area contributed by atoms with Crippen LogP contribution in [0.5, 0.6) is 0 Å². The average molecular weight is 411 g/mol. The minimum absolute atomic E-state index is 0.0669. The third kappa shape index (κ3) is 4.15. The lowest BCUT2D eigenvalue weighted by atomic mass is 9.80. The number of amides is 1. The molecule has 2 aromatic rings. The van der Waals surface area contributed by atoms with Crippen molar-refractivity contribution in [2.75, 3.05) is 6.54 Å². The van der Waals surface area contributed by atoms with Crippen molar-refractivity contribution in [2.24, 2.45) is 13.0 Å². The summed E-state index contributed by atoms with van der Waals surface area (Å²) in [6.07, 6.45) is 4.52. The second-order valence-electron chi connectivity index (χ2n) is 9.35. The second-order valence-corrected chi connectivity index (χ2v) is 9.35. The normalized spacial score (nSPS) is 23.2. The molecule has 160 valence electrons. The highest BCUT2D eigenvalue weighted by Crippen LogP contribution is 2.48. The number of hydrogen-bond donors (Lipinski definition) is 1. The Morgan fingerprint density at radius 1 is 1.17 bits per heavy atom. The average Bonchev–Trinajstić information content (AvgIpc) is 3.51. The standard InChI is InChI=1S/C24H30N2O4/c1-23(2,29)16-24(19-7-5-4-6-8-19)13-14-26(22(28)30-24)21(17-9-10-17)18-11-12-20(27)25(3)15-18/h4-8,11-12,15,17,21,29H,9-10,13-14,16H2,1-3H3. The van der Waals surface area contributed by atoms with Crippen LogP contribution in [0.1, 0.15) is 56.7 Å². The Hall–Kier alpha value is -2.60. The minimum Gasteiger partial charge on any atom is -0.438 e. The van der Waals surface area contributed by atoms with Gasteiger partial charge in [0.2, 0.25) is 5.56 Å². The minimum atomic E-state index is -0.980. The van der Waals surface area contributed by atoms with Crippen LogP contribution in [-0.2, 0) is 17.4 Å². The maximum absolute atomic E-state index is 13.3. The molecule has 2 aliphatic rings. The summed E-state index contributed by atoms with van der Waals surface area (Å²) in [5, 5.41) is 10.6. The van der Waals surface area contributed by atoms with Gasteiger partial charge in [0.1, 0.15) is 5.60 Å². The fraction of sp³-hybridized carbons (Fsp3) is 0.500. The third-order valence-electron chi connectivity index (χ3n) is 6.15. The molecule has 0 bridgehead atoms. The van der Waals surface area contributed by atoms with E-state index in [0.717, 1.165) is 24.0 Å². The van der Waals surface area contributed by atoms with Crippen LogP contribution in [0.3, 0.4) is 0 Å². The molecule has 6 nitrogen and oxygen atoms in total. The molecule has 2 fully saturated rings. The highest BCUT2D eigenvalue weighted by atomic mass is 16.6. The second kappa shape index (κ2) is 7.58. The number of carbonyl (C=O) groups is 1. The van der Waals surface area contributed by atoms with Crippen LogP contribution < -0.4 is 5.56 Å². The predicted octanol–water partition coefficient (Wildman–Crippen LogP) is 3.74. The topological polar surface area (TPSA) is 71.8 Å². The van der Waals surface area contributed by atoms with E-state index in [2.05, 4.69) is 0 Å². The summed E-state index contributed by atoms with van der Waals surface area (Å²) in [5.74, 6) is 0.383. The van der Waals surface area contributed by atoms with E-state index in [1.54, 1.807) is 31.5 Å². The number of carbonyl (C=O) groups excluding carboxylic acids is 1. The van der Waals surface area contributed by atoms with E-state index in [-0.39, 0.29) is 17.7 Å². The van der Waals surface area contributed by atoms with Gasteiger partial charge in [-0.25, -0.2) is 4.79 Å². The molecule has 0 spiro atoms. The molecule has 1 saturated heterocycles. The molecule has 1 aromatic heterocycles. The van der Waals surface area contributed by atoms with Crippen molar-refractivity contribution in [3.05, 3.63) is 70.1 Å².